The maximum Gasteiger partial charge on any atom is -0.0701 e. The van der Waals surface area contributed by atoms with Gasteiger partial charge in [-0.15, -0.1) is 0 Å². The molecule has 0 N–H and O–H groups in total. The van der Waals surface area contributed by atoms with Crippen molar-refractivity contribution in [3.05, 3.63) is 25.3 Å². The van der Waals surface area contributed by atoms with Gasteiger partial charge in [-0.05, 0) is 0 Å². The van der Waals surface area contributed by atoms with E-state index in [-0.39, 0.29) is 4.70 Å². The first-order chi connectivity index (χ1) is 1.91. The number of allylic oxidation sites excluding steroid dienone is 2. The van der Waals surface area contributed by atoms with Gasteiger partial charge in [0.15, 0.2) is 0 Å². The normalized spacial score (nSPS) is 4.00. The Morgan fingerprint density at radius 1 is 1.00 bits per heavy atom. The lowest BCUT2D eigenvalue weighted by Gasteiger charge is -1.44. The molecule has 0 saturated carbocycles. The highest BCUT2D eigenvalue weighted by atomic mass is 19.0. The van der Waals surface area contributed by atoms with E-state index in [9.17, 15) is 0 Å². The highest BCUT2D eigenvalue weighted by Crippen LogP contribution is 1.52. The van der Waals surface area contributed by atoms with E-state index < -0.39 is 0 Å². The van der Waals surface area contributed by atoms with Crippen LogP contribution in [0.2, 0.25) is 0 Å². The van der Waals surface area contributed by atoms with Crippen LogP contribution < -0.4 is 4.70 Å². The monoisotopic (exact) mass is 73.0 g/mol. The summed E-state index contributed by atoms with van der Waals surface area (Å²) in [6, 6.07) is 0. The number of hydrogen-bond donors (Lipinski definition) is 0. The fraction of sp³-hybridized carbons (Fsp3) is 0. The number of halogens is 1. The molecule has 0 unspecified atom stereocenters. The molecule has 0 spiro atoms. The molecule has 30 valence electrons. The molecule has 0 aromatic carbocycles. The van der Waals surface area contributed by atoms with Crippen molar-refractivity contribution < 1.29 is 4.70 Å². The highest BCUT2D eigenvalue weighted by Gasteiger charge is 1.29. The minimum absolute atomic E-state index is 0. The van der Waals surface area contributed by atoms with Gasteiger partial charge in [-0.1, -0.05) is 25.3 Å². The molecule has 1 heteroatoms. The third kappa shape index (κ3) is 40.3. The summed E-state index contributed by atoms with van der Waals surface area (Å²) in [6.07, 6.45) is 3.28. The molecule has 0 aliphatic rings. The molecule has 0 rings (SSSR count). The molecule has 0 saturated heterocycles. The molecule has 0 aromatic rings. The quantitative estimate of drug-likeness (QED) is 0.327. The second kappa shape index (κ2) is 9.96. The van der Waals surface area contributed by atoms with Gasteiger partial charge in [0.1, 0.15) is 0 Å². The van der Waals surface area contributed by atoms with Gasteiger partial charge in [-0.3, -0.25) is 0 Å². The van der Waals surface area contributed by atoms with Gasteiger partial charge in [0, 0.05) is 0 Å². The molecule has 0 nitrogen and oxygen atoms in total. The largest absolute Gasteiger partial charge is 1.00 e. The summed E-state index contributed by atoms with van der Waals surface area (Å²) in [5.74, 6) is 0. The van der Waals surface area contributed by atoms with Crippen LogP contribution in [-0.4, -0.2) is 0 Å². The Hall–Kier alpha value is -0.590. The van der Waals surface area contributed by atoms with Crippen molar-refractivity contribution in [2.75, 3.05) is 0 Å². The Morgan fingerprint density at radius 3 is 1.20 bits per heavy atom. The zero-order chi connectivity index (χ0) is 3.41. The van der Waals surface area contributed by atoms with E-state index in [1.165, 1.54) is 0 Å². The van der Waals surface area contributed by atoms with Crippen LogP contribution in [0, 0.1) is 0 Å². The molecule has 0 heterocycles. The summed E-state index contributed by atoms with van der Waals surface area (Å²) in [4.78, 5) is 0. The summed E-state index contributed by atoms with van der Waals surface area (Å²) in [6.45, 7) is 6.72. The number of hydrogen-bond acceptors (Lipinski definition) is 0. The zero-order valence-electron chi connectivity index (χ0n) is 2.95. The molecule has 0 fully saturated rings. The second-order valence-corrected chi connectivity index (χ2v) is 0.471. The summed E-state index contributed by atoms with van der Waals surface area (Å²) in [7, 11) is 0. The fourth-order valence-corrected chi connectivity index (χ4v) is 0. The van der Waals surface area contributed by atoms with Gasteiger partial charge in [0.05, 0.1) is 0 Å². The van der Waals surface area contributed by atoms with Crippen molar-refractivity contribution in [1.29, 1.82) is 0 Å². The smallest absolute Gasteiger partial charge is 0.0701 e. The summed E-state index contributed by atoms with van der Waals surface area (Å²) < 4.78 is 0. The van der Waals surface area contributed by atoms with Gasteiger partial charge >= 0.3 is 0 Å². The van der Waals surface area contributed by atoms with Crippen LogP contribution in [0.1, 0.15) is 0 Å². The average molecular weight is 73.1 g/mol. The van der Waals surface area contributed by atoms with Crippen LogP contribution in [0.3, 0.4) is 0 Å². The first-order valence-corrected chi connectivity index (χ1v) is 1.15. The van der Waals surface area contributed by atoms with Gasteiger partial charge < -0.3 is 4.70 Å². The van der Waals surface area contributed by atoms with Gasteiger partial charge in [-0.25, -0.2) is 0 Å². The maximum absolute atomic E-state index is 3.36. The molecule has 0 bridgehead atoms. The molecule has 0 amide bonds. The molecule has 0 aliphatic carbocycles. The van der Waals surface area contributed by atoms with Crippen LogP contribution in [0.4, 0.5) is 0 Å². The topological polar surface area (TPSA) is 0 Å². The highest BCUT2D eigenvalue weighted by molar-refractivity contribution is 4.88. The van der Waals surface area contributed by atoms with Crippen LogP contribution in [0.15, 0.2) is 25.3 Å². The van der Waals surface area contributed by atoms with Gasteiger partial charge in [0.2, 0.25) is 0 Å². The second-order valence-electron chi connectivity index (χ2n) is 0.471. The van der Waals surface area contributed by atoms with E-state index in [0.717, 1.165) is 0 Å². The van der Waals surface area contributed by atoms with Crippen LogP contribution in [0.5, 0.6) is 0 Å². The summed E-state index contributed by atoms with van der Waals surface area (Å²) >= 11 is 0. The Kier molecular flexibility index (Phi) is 17.6. The zero-order valence-corrected chi connectivity index (χ0v) is 2.95. The Balaban J connectivity index is 0. The predicted octanol–water partition coefficient (Wildman–Crippen LogP) is -1.64. The standard InChI is InChI=1S/C4H6.FH/c1-3-4-2;/h3-4H,1-2H2;1H/p-1. The van der Waals surface area contributed by atoms with Crippen molar-refractivity contribution in [1.82, 2.24) is 0 Å². The van der Waals surface area contributed by atoms with E-state index >= 15 is 0 Å². The van der Waals surface area contributed by atoms with E-state index in [1.807, 2.05) is 0 Å². The lowest BCUT2D eigenvalue weighted by molar-refractivity contribution is -0.000000861. The lowest BCUT2D eigenvalue weighted by Crippen LogP contribution is -3.00. The van der Waals surface area contributed by atoms with Crippen molar-refractivity contribution >= 4 is 0 Å². The fourth-order valence-electron chi connectivity index (χ4n) is 0. The molecular weight excluding hydrogens is 67.0 g/mol. The van der Waals surface area contributed by atoms with Crippen LogP contribution >= 0.6 is 0 Å². The SMILES string of the molecule is C=CC=C.[F-]. The summed E-state index contributed by atoms with van der Waals surface area (Å²) in [5.41, 5.74) is 0. The molecule has 5 heavy (non-hydrogen) atoms. The molecule has 0 radical (unpaired) electrons. The van der Waals surface area contributed by atoms with Crippen LogP contribution in [-0.2, 0) is 0 Å². The molecule has 0 atom stereocenters. The van der Waals surface area contributed by atoms with Crippen molar-refractivity contribution in [2.45, 2.75) is 0 Å². The van der Waals surface area contributed by atoms with E-state index in [1.54, 1.807) is 12.2 Å². The van der Waals surface area contributed by atoms with E-state index in [0.29, 0.717) is 0 Å². The predicted molar refractivity (Wildman–Crippen MR) is 20.4 cm³/mol. The first kappa shape index (κ1) is 8.83. The van der Waals surface area contributed by atoms with E-state index in [2.05, 4.69) is 13.2 Å². The van der Waals surface area contributed by atoms with Crippen molar-refractivity contribution in [2.24, 2.45) is 0 Å². The average Bonchev–Trinajstić information content (AvgIpc) is 1.37. The number of rotatable bonds is 1. The maximum atomic E-state index is 3.36. The van der Waals surface area contributed by atoms with Crippen molar-refractivity contribution in [3.8, 4) is 0 Å². The van der Waals surface area contributed by atoms with Gasteiger partial charge in [-0.2, -0.15) is 0 Å². The third-order valence-corrected chi connectivity index (χ3v) is 0.167. The Morgan fingerprint density at radius 2 is 1.20 bits per heavy atom. The Bertz CT molecular complexity index is 24.6. The van der Waals surface area contributed by atoms with Crippen LogP contribution in [0.25, 0.3) is 0 Å². The molecule has 0 aromatic heterocycles. The lowest BCUT2D eigenvalue weighted by atomic mass is 10.6. The molecule has 0 aliphatic heterocycles. The summed E-state index contributed by atoms with van der Waals surface area (Å²) in [5, 5.41) is 0. The third-order valence-electron chi connectivity index (χ3n) is 0.167. The molecular formula is C4H6F-. The van der Waals surface area contributed by atoms with Crippen molar-refractivity contribution in [3.63, 3.8) is 0 Å². The van der Waals surface area contributed by atoms with Gasteiger partial charge in [0.25, 0.3) is 0 Å². The van der Waals surface area contributed by atoms with E-state index in [4.69, 9.17) is 0 Å². The minimum atomic E-state index is 0. The Labute approximate surface area is 31.2 Å². The first-order valence-electron chi connectivity index (χ1n) is 1.15. The minimum Gasteiger partial charge on any atom is -1.00 e.